The van der Waals surface area contributed by atoms with Gasteiger partial charge in [-0.15, -0.1) is 0 Å². The van der Waals surface area contributed by atoms with Crippen LogP contribution in [0.4, 0.5) is 4.39 Å². The summed E-state index contributed by atoms with van der Waals surface area (Å²) in [5.41, 5.74) is 1.54. The number of nitriles is 1. The number of hydrogen-bond donors (Lipinski definition) is 1. The normalized spacial score (nSPS) is 12.6. The Morgan fingerprint density at radius 1 is 1.19 bits per heavy atom. The number of methoxy groups -OCH3 is 1. The lowest BCUT2D eigenvalue weighted by Crippen LogP contribution is -2.41. The minimum absolute atomic E-state index is 0.0950. The molecule has 0 saturated carbocycles. The fraction of sp³-hybridized carbons (Fsp3) is 0.316. The SMILES string of the molecule is COc1ccc(C(Cc2ccc(F)cc2)NS(=O)(=O)N(C)CCC#N)cc1. The summed E-state index contributed by atoms with van der Waals surface area (Å²) in [6.45, 7) is 0.0950. The third kappa shape index (κ3) is 6.03. The minimum Gasteiger partial charge on any atom is -0.497 e. The van der Waals surface area contributed by atoms with Gasteiger partial charge in [-0.25, -0.2) is 4.39 Å². The van der Waals surface area contributed by atoms with Crippen molar-refractivity contribution in [2.24, 2.45) is 0 Å². The van der Waals surface area contributed by atoms with E-state index in [4.69, 9.17) is 10.00 Å². The van der Waals surface area contributed by atoms with Crippen LogP contribution in [0.25, 0.3) is 0 Å². The van der Waals surface area contributed by atoms with E-state index in [0.29, 0.717) is 12.2 Å². The largest absolute Gasteiger partial charge is 0.497 e. The third-order valence-electron chi connectivity index (χ3n) is 4.11. The maximum absolute atomic E-state index is 13.2. The fourth-order valence-corrected chi connectivity index (χ4v) is 3.61. The van der Waals surface area contributed by atoms with Gasteiger partial charge in [0.05, 0.1) is 19.2 Å². The predicted molar refractivity (Wildman–Crippen MR) is 101 cm³/mol. The lowest BCUT2D eigenvalue weighted by atomic mass is 9.99. The molecule has 2 aromatic carbocycles. The Bertz CT molecular complexity index is 878. The van der Waals surface area contributed by atoms with E-state index in [-0.39, 0.29) is 18.8 Å². The van der Waals surface area contributed by atoms with Gasteiger partial charge in [0.2, 0.25) is 0 Å². The minimum atomic E-state index is -3.80. The number of nitrogens with one attached hydrogen (secondary N) is 1. The highest BCUT2D eigenvalue weighted by Gasteiger charge is 2.24. The third-order valence-corrected chi connectivity index (χ3v) is 5.70. The molecule has 0 amide bonds. The number of nitrogens with zero attached hydrogens (tertiary/aromatic N) is 2. The molecule has 0 saturated heterocycles. The Morgan fingerprint density at radius 2 is 1.81 bits per heavy atom. The van der Waals surface area contributed by atoms with E-state index in [1.165, 1.54) is 19.2 Å². The molecular formula is C19H22FN3O3S. The molecule has 8 heteroatoms. The van der Waals surface area contributed by atoms with E-state index < -0.39 is 16.3 Å². The molecule has 2 rings (SSSR count). The Balaban J connectivity index is 2.27. The molecule has 0 aliphatic heterocycles. The summed E-state index contributed by atoms with van der Waals surface area (Å²) in [5, 5.41) is 8.67. The van der Waals surface area contributed by atoms with Gasteiger partial charge in [-0.05, 0) is 41.8 Å². The smallest absolute Gasteiger partial charge is 0.279 e. The van der Waals surface area contributed by atoms with E-state index in [1.54, 1.807) is 43.5 Å². The molecule has 0 aliphatic rings. The number of halogens is 1. The first-order valence-electron chi connectivity index (χ1n) is 8.34. The van der Waals surface area contributed by atoms with Crippen molar-refractivity contribution in [1.82, 2.24) is 9.03 Å². The molecule has 1 atom stereocenters. The highest BCUT2D eigenvalue weighted by atomic mass is 32.2. The first kappa shape index (κ1) is 20.8. The van der Waals surface area contributed by atoms with Gasteiger partial charge in [-0.2, -0.15) is 22.7 Å². The number of rotatable bonds is 9. The first-order chi connectivity index (χ1) is 12.9. The van der Waals surface area contributed by atoms with Gasteiger partial charge >= 0.3 is 0 Å². The summed E-state index contributed by atoms with van der Waals surface area (Å²) in [6, 6.07) is 14.4. The van der Waals surface area contributed by atoms with E-state index >= 15 is 0 Å². The van der Waals surface area contributed by atoms with E-state index in [1.807, 2.05) is 6.07 Å². The number of hydrogen-bond acceptors (Lipinski definition) is 4. The van der Waals surface area contributed by atoms with Crippen LogP contribution in [0.5, 0.6) is 5.75 Å². The molecule has 0 bridgehead atoms. The predicted octanol–water partition coefficient (Wildman–Crippen LogP) is 2.80. The maximum Gasteiger partial charge on any atom is 0.279 e. The van der Waals surface area contributed by atoms with Crippen LogP contribution < -0.4 is 9.46 Å². The van der Waals surface area contributed by atoms with E-state index in [9.17, 15) is 12.8 Å². The van der Waals surface area contributed by atoms with Crippen LogP contribution in [-0.2, 0) is 16.6 Å². The van der Waals surface area contributed by atoms with Gasteiger partial charge < -0.3 is 4.74 Å². The van der Waals surface area contributed by atoms with Gasteiger partial charge in [0, 0.05) is 20.0 Å². The Kier molecular flexibility index (Phi) is 7.30. The summed E-state index contributed by atoms with van der Waals surface area (Å²) in [6.07, 6.45) is 0.445. The van der Waals surface area contributed by atoms with Crippen LogP contribution in [-0.4, -0.2) is 33.4 Å². The van der Waals surface area contributed by atoms with Crippen LogP contribution in [0.3, 0.4) is 0 Å². The lowest BCUT2D eigenvalue weighted by molar-refractivity contribution is 0.414. The zero-order valence-electron chi connectivity index (χ0n) is 15.2. The standard InChI is InChI=1S/C19H22FN3O3S/c1-23(13-3-12-21)27(24,25)22-19(14-15-4-8-17(20)9-5-15)16-6-10-18(26-2)11-7-16/h4-11,19,22H,3,13-14H2,1-2H3. The average molecular weight is 391 g/mol. The summed E-state index contributed by atoms with van der Waals surface area (Å²) in [4.78, 5) is 0. The molecule has 0 fully saturated rings. The number of benzene rings is 2. The van der Waals surface area contributed by atoms with Crippen molar-refractivity contribution in [1.29, 1.82) is 5.26 Å². The van der Waals surface area contributed by atoms with Crippen molar-refractivity contribution in [3.8, 4) is 11.8 Å². The average Bonchev–Trinajstić information content (AvgIpc) is 2.67. The topological polar surface area (TPSA) is 82.4 Å². The quantitative estimate of drug-likeness (QED) is 0.713. The second-order valence-electron chi connectivity index (χ2n) is 6.01. The van der Waals surface area contributed by atoms with Crippen molar-refractivity contribution in [3.05, 3.63) is 65.5 Å². The molecule has 0 spiro atoms. The van der Waals surface area contributed by atoms with Gasteiger partial charge in [-0.3, -0.25) is 0 Å². The van der Waals surface area contributed by atoms with Crippen LogP contribution in [0, 0.1) is 17.1 Å². The van der Waals surface area contributed by atoms with Crippen LogP contribution in [0.2, 0.25) is 0 Å². The summed E-state index contributed by atoms with van der Waals surface area (Å²) in [5.74, 6) is 0.310. The van der Waals surface area contributed by atoms with E-state index in [2.05, 4.69) is 4.72 Å². The molecule has 0 aliphatic carbocycles. The second-order valence-corrected chi connectivity index (χ2v) is 7.82. The van der Waals surface area contributed by atoms with Gasteiger partial charge in [0.1, 0.15) is 11.6 Å². The molecule has 27 heavy (non-hydrogen) atoms. The lowest BCUT2D eigenvalue weighted by Gasteiger charge is -2.23. The van der Waals surface area contributed by atoms with Crippen molar-refractivity contribution >= 4 is 10.2 Å². The molecule has 0 aromatic heterocycles. The highest BCUT2D eigenvalue weighted by molar-refractivity contribution is 7.87. The van der Waals surface area contributed by atoms with Crippen LogP contribution in [0.1, 0.15) is 23.6 Å². The molecule has 144 valence electrons. The molecule has 1 unspecified atom stereocenters. The van der Waals surface area contributed by atoms with Gasteiger partial charge in [0.15, 0.2) is 0 Å². The monoisotopic (exact) mass is 391 g/mol. The van der Waals surface area contributed by atoms with Crippen molar-refractivity contribution in [2.45, 2.75) is 18.9 Å². The van der Waals surface area contributed by atoms with Gasteiger partial charge in [-0.1, -0.05) is 24.3 Å². The molecule has 0 radical (unpaired) electrons. The van der Waals surface area contributed by atoms with Gasteiger partial charge in [0.25, 0.3) is 10.2 Å². The molecule has 0 heterocycles. The molecular weight excluding hydrogens is 369 g/mol. The van der Waals surface area contributed by atoms with Crippen molar-refractivity contribution in [3.63, 3.8) is 0 Å². The van der Waals surface area contributed by atoms with Crippen LogP contribution in [0.15, 0.2) is 48.5 Å². The van der Waals surface area contributed by atoms with Crippen molar-refractivity contribution in [2.75, 3.05) is 20.7 Å². The Labute approximate surface area is 159 Å². The Morgan fingerprint density at radius 3 is 2.37 bits per heavy atom. The molecule has 6 nitrogen and oxygen atoms in total. The summed E-state index contributed by atoms with van der Waals surface area (Å²) >= 11 is 0. The summed E-state index contributed by atoms with van der Waals surface area (Å²) in [7, 11) is -0.824. The molecule has 1 N–H and O–H groups in total. The van der Waals surface area contributed by atoms with Crippen molar-refractivity contribution < 1.29 is 17.5 Å². The van der Waals surface area contributed by atoms with E-state index in [0.717, 1.165) is 15.4 Å². The fourth-order valence-electron chi connectivity index (χ4n) is 2.52. The first-order valence-corrected chi connectivity index (χ1v) is 9.78. The second kappa shape index (κ2) is 9.46. The van der Waals surface area contributed by atoms with Crippen LogP contribution >= 0.6 is 0 Å². The summed E-state index contributed by atoms with van der Waals surface area (Å²) < 4.78 is 47.3. The zero-order chi connectivity index (χ0) is 19.9. The maximum atomic E-state index is 13.2. The highest BCUT2D eigenvalue weighted by Crippen LogP contribution is 2.23. The Hall–Kier alpha value is -2.47. The zero-order valence-corrected chi connectivity index (χ0v) is 16.0. The number of ether oxygens (including phenoxy) is 1. The molecule has 2 aromatic rings.